The van der Waals surface area contributed by atoms with Crippen molar-refractivity contribution in [3.05, 3.63) is 48.5 Å². The van der Waals surface area contributed by atoms with Crippen LogP contribution in [0.2, 0.25) is 0 Å². The average molecular weight is 338 g/mol. The van der Waals surface area contributed by atoms with E-state index in [1.807, 2.05) is 41.3 Å². The first-order valence-corrected chi connectivity index (χ1v) is 9.52. The fourth-order valence-electron chi connectivity index (χ4n) is 3.68. The summed E-state index contributed by atoms with van der Waals surface area (Å²) in [6, 6.07) is 16.5. The number of nitrogens with one attached hydrogen (secondary N) is 1. The second-order valence-corrected chi connectivity index (χ2v) is 7.77. The Morgan fingerprint density at radius 3 is 2.21 bits per heavy atom. The lowest BCUT2D eigenvalue weighted by molar-refractivity contribution is 0.229. The van der Waals surface area contributed by atoms with Crippen LogP contribution < -0.4 is 10.2 Å². The highest BCUT2D eigenvalue weighted by molar-refractivity contribution is 7.99. The van der Waals surface area contributed by atoms with E-state index in [0.29, 0.717) is 5.92 Å². The van der Waals surface area contributed by atoms with Crippen molar-refractivity contribution < 1.29 is 4.79 Å². The molecule has 0 bridgehead atoms. The molecular weight excluding hydrogens is 316 g/mol. The molecule has 1 saturated carbocycles. The largest absolute Gasteiger partial charge is 0.334 e. The fourth-order valence-corrected chi connectivity index (χ4v) is 4.74. The van der Waals surface area contributed by atoms with Gasteiger partial charge < -0.3 is 5.32 Å². The minimum absolute atomic E-state index is 0.00560. The molecule has 1 aliphatic heterocycles. The molecule has 24 heavy (non-hydrogen) atoms. The van der Waals surface area contributed by atoms with Crippen LogP contribution in [0, 0.1) is 5.92 Å². The Bertz CT molecular complexity index is 715. The van der Waals surface area contributed by atoms with Crippen LogP contribution in [0.5, 0.6) is 0 Å². The van der Waals surface area contributed by atoms with E-state index < -0.39 is 0 Å². The Balaban J connectivity index is 1.67. The van der Waals surface area contributed by atoms with Crippen LogP contribution in [-0.2, 0) is 0 Å². The van der Waals surface area contributed by atoms with Gasteiger partial charge in [-0.15, -0.1) is 0 Å². The summed E-state index contributed by atoms with van der Waals surface area (Å²) >= 11 is 1.73. The molecule has 2 amide bonds. The summed E-state index contributed by atoms with van der Waals surface area (Å²) in [7, 11) is 0. The number of hydrogen-bond donors (Lipinski definition) is 1. The zero-order valence-electron chi connectivity index (χ0n) is 13.9. The maximum absolute atomic E-state index is 13.1. The smallest absolute Gasteiger partial charge is 0.326 e. The number of fused-ring (bicyclic) bond motifs is 2. The fraction of sp³-hybridized carbons (Fsp3) is 0.350. The molecule has 1 heterocycles. The number of hydrogen-bond acceptors (Lipinski definition) is 2. The molecule has 1 aliphatic carbocycles. The first-order chi connectivity index (χ1) is 11.7. The third-order valence-corrected chi connectivity index (χ3v) is 6.19. The van der Waals surface area contributed by atoms with Crippen molar-refractivity contribution in [1.29, 1.82) is 0 Å². The number of anilines is 2. The van der Waals surface area contributed by atoms with E-state index in [1.54, 1.807) is 11.8 Å². The zero-order chi connectivity index (χ0) is 16.5. The van der Waals surface area contributed by atoms with Crippen LogP contribution in [-0.4, -0.2) is 12.1 Å². The summed E-state index contributed by atoms with van der Waals surface area (Å²) in [6.07, 6.45) is 4.77. The predicted octanol–water partition coefficient (Wildman–Crippen LogP) is 5.58. The molecule has 0 unspecified atom stereocenters. The summed E-state index contributed by atoms with van der Waals surface area (Å²) in [4.78, 5) is 17.2. The molecular formula is C20H22N2OS. The number of carbonyl (C=O) groups is 1. The monoisotopic (exact) mass is 338 g/mol. The maximum atomic E-state index is 13.1. The standard InChI is InChI=1S/C20H22N2OS/c1-14-8-2-3-9-15(14)21-20(23)22-16-10-4-6-12-18(16)24-19-13-7-5-11-17(19)22/h4-7,10-15H,2-3,8-9H2,1H3,(H,21,23)/t14-,15+/m1/s1. The van der Waals surface area contributed by atoms with Gasteiger partial charge in [0.15, 0.2) is 0 Å². The van der Waals surface area contributed by atoms with Gasteiger partial charge >= 0.3 is 6.03 Å². The molecule has 2 aromatic rings. The van der Waals surface area contributed by atoms with Gasteiger partial charge in [-0.1, -0.05) is 55.8 Å². The minimum Gasteiger partial charge on any atom is -0.334 e. The molecule has 0 radical (unpaired) electrons. The topological polar surface area (TPSA) is 32.3 Å². The number of carbonyl (C=O) groups excluding carboxylic acids is 1. The van der Waals surface area contributed by atoms with Crippen molar-refractivity contribution in [2.75, 3.05) is 4.90 Å². The van der Waals surface area contributed by atoms with Crippen molar-refractivity contribution in [1.82, 2.24) is 5.32 Å². The van der Waals surface area contributed by atoms with Gasteiger partial charge in [-0.25, -0.2) is 4.79 Å². The van der Waals surface area contributed by atoms with Gasteiger partial charge in [-0.05, 0) is 43.0 Å². The van der Waals surface area contributed by atoms with E-state index in [0.717, 1.165) is 27.6 Å². The number of benzene rings is 2. The van der Waals surface area contributed by atoms with Crippen LogP contribution >= 0.6 is 11.8 Å². The van der Waals surface area contributed by atoms with Gasteiger partial charge in [0.1, 0.15) is 0 Å². The van der Waals surface area contributed by atoms with Crippen LogP contribution in [0.4, 0.5) is 16.2 Å². The molecule has 4 rings (SSSR count). The summed E-state index contributed by atoms with van der Waals surface area (Å²) in [5, 5.41) is 3.30. The molecule has 1 N–H and O–H groups in total. The number of rotatable bonds is 1. The Hall–Kier alpha value is -1.94. The molecule has 1 fully saturated rings. The molecule has 0 saturated heterocycles. The summed E-state index contributed by atoms with van der Waals surface area (Å²) in [5.41, 5.74) is 1.95. The molecule has 3 nitrogen and oxygen atoms in total. The second-order valence-electron chi connectivity index (χ2n) is 6.69. The molecule has 2 aromatic carbocycles. The van der Waals surface area contributed by atoms with Gasteiger partial charge in [0.25, 0.3) is 0 Å². The van der Waals surface area contributed by atoms with Gasteiger partial charge in [-0.2, -0.15) is 0 Å². The Labute approximate surface area is 147 Å². The van der Waals surface area contributed by atoms with E-state index in [-0.39, 0.29) is 12.1 Å². The Morgan fingerprint density at radius 2 is 1.58 bits per heavy atom. The SMILES string of the molecule is C[C@@H]1CCCC[C@@H]1NC(=O)N1c2ccccc2Sc2ccccc21. The molecule has 4 heteroatoms. The summed E-state index contributed by atoms with van der Waals surface area (Å²) < 4.78 is 0. The highest BCUT2D eigenvalue weighted by Gasteiger charge is 2.30. The third kappa shape index (κ3) is 2.80. The lowest BCUT2D eigenvalue weighted by Gasteiger charge is -2.35. The van der Waals surface area contributed by atoms with Crippen LogP contribution in [0.3, 0.4) is 0 Å². The quantitative estimate of drug-likeness (QED) is 0.736. The number of amides is 2. The van der Waals surface area contributed by atoms with Crippen molar-refractivity contribution in [3.8, 4) is 0 Å². The van der Waals surface area contributed by atoms with Crippen molar-refractivity contribution in [2.24, 2.45) is 5.92 Å². The summed E-state index contributed by atoms with van der Waals surface area (Å²) in [5.74, 6) is 0.548. The lowest BCUT2D eigenvalue weighted by atomic mass is 9.86. The maximum Gasteiger partial charge on any atom is 0.326 e. The minimum atomic E-state index is -0.00560. The Morgan fingerprint density at radius 1 is 1.00 bits per heavy atom. The average Bonchev–Trinajstić information content (AvgIpc) is 2.61. The second kappa shape index (κ2) is 6.52. The first-order valence-electron chi connectivity index (χ1n) is 8.70. The molecule has 2 aliphatic rings. The lowest BCUT2D eigenvalue weighted by Crippen LogP contribution is -2.47. The molecule has 124 valence electrons. The number of para-hydroxylation sites is 2. The van der Waals surface area contributed by atoms with Crippen LogP contribution in [0.15, 0.2) is 58.3 Å². The summed E-state index contributed by atoms with van der Waals surface area (Å²) in [6.45, 7) is 2.25. The number of urea groups is 1. The normalized spacial score (nSPS) is 22.5. The zero-order valence-corrected chi connectivity index (χ0v) is 14.7. The highest BCUT2D eigenvalue weighted by Crippen LogP contribution is 2.47. The molecule has 0 aromatic heterocycles. The van der Waals surface area contributed by atoms with Crippen molar-refractivity contribution in [2.45, 2.75) is 48.4 Å². The van der Waals surface area contributed by atoms with Crippen molar-refractivity contribution in [3.63, 3.8) is 0 Å². The molecule has 2 atom stereocenters. The molecule has 0 spiro atoms. The predicted molar refractivity (Wildman–Crippen MR) is 99.1 cm³/mol. The highest BCUT2D eigenvalue weighted by atomic mass is 32.2. The van der Waals surface area contributed by atoms with Gasteiger partial charge in [0.2, 0.25) is 0 Å². The third-order valence-electron chi connectivity index (χ3n) is 5.06. The van der Waals surface area contributed by atoms with Crippen LogP contribution in [0.1, 0.15) is 32.6 Å². The number of nitrogens with zero attached hydrogens (tertiary/aromatic N) is 1. The van der Waals surface area contributed by atoms with Gasteiger partial charge in [0.05, 0.1) is 11.4 Å². The van der Waals surface area contributed by atoms with Crippen LogP contribution in [0.25, 0.3) is 0 Å². The van der Waals surface area contributed by atoms with E-state index in [9.17, 15) is 4.79 Å². The van der Waals surface area contributed by atoms with E-state index >= 15 is 0 Å². The van der Waals surface area contributed by atoms with Crippen molar-refractivity contribution >= 4 is 29.2 Å². The van der Waals surface area contributed by atoms with E-state index in [1.165, 1.54) is 19.3 Å². The van der Waals surface area contributed by atoms with E-state index in [4.69, 9.17) is 0 Å². The van der Waals surface area contributed by atoms with Gasteiger partial charge in [-0.3, -0.25) is 4.90 Å². The van der Waals surface area contributed by atoms with E-state index in [2.05, 4.69) is 24.4 Å². The Kier molecular flexibility index (Phi) is 4.23. The van der Waals surface area contributed by atoms with Gasteiger partial charge in [0, 0.05) is 15.8 Å². The first kappa shape index (κ1) is 15.6.